The largest absolute Gasteiger partial charge is 0.392 e. The number of amides is 1. The van der Waals surface area contributed by atoms with Gasteiger partial charge in [-0.05, 0) is 51.1 Å². The SMILES string of the molecule is C[C@@H]1[C@H](CN(Cc2ccccc2)Cc2ccccc2)O[C@H](c2cccc(-c3cccc(CNC(=O)c4c(F)c(F)c(F)c(F)c4F)c3)c2)O[C@@H]1c1ccc(CO)cc1. The van der Waals surface area contributed by atoms with Gasteiger partial charge in [-0.25, -0.2) is 22.0 Å². The Bertz CT molecular complexity index is 2280. The van der Waals surface area contributed by atoms with Crippen LogP contribution in [0, 0.1) is 35.0 Å². The molecule has 1 amide bonds. The van der Waals surface area contributed by atoms with Gasteiger partial charge in [0.05, 0.1) is 18.8 Å². The third kappa shape index (κ3) is 9.19. The van der Waals surface area contributed by atoms with Crippen molar-refractivity contribution in [3.05, 3.63) is 201 Å². The van der Waals surface area contributed by atoms with Crippen LogP contribution in [0.1, 0.15) is 63.1 Å². The van der Waals surface area contributed by atoms with Gasteiger partial charge in [0, 0.05) is 37.7 Å². The van der Waals surface area contributed by atoms with E-state index in [-0.39, 0.29) is 31.3 Å². The van der Waals surface area contributed by atoms with Crippen molar-refractivity contribution in [3.8, 4) is 11.1 Å². The summed E-state index contributed by atoms with van der Waals surface area (Å²) in [6.45, 7) is 3.82. The lowest BCUT2D eigenvalue weighted by molar-refractivity contribution is -0.276. The average Bonchev–Trinajstić information content (AvgIpc) is 3.26. The van der Waals surface area contributed by atoms with E-state index in [1.54, 1.807) is 18.2 Å². The first kappa shape index (κ1) is 40.5. The van der Waals surface area contributed by atoms with Crippen LogP contribution in [0.4, 0.5) is 22.0 Å². The molecule has 298 valence electrons. The van der Waals surface area contributed by atoms with E-state index in [2.05, 4.69) is 41.4 Å². The highest BCUT2D eigenvalue weighted by molar-refractivity contribution is 5.94. The molecule has 1 heterocycles. The number of nitrogens with zero attached hydrogens (tertiary/aromatic N) is 1. The van der Waals surface area contributed by atoms with E-state index in [1.165, 1.54) is 11.1 Å². The number of ether oxygens (including phenoxy) is 2. The number of halogens is 5. The predicted octanol–water partition coefficient (Wildman–Crippen LogP) is 9.97. The molecule has 0 aliphatic carbocycles. The second kappa shape index (κ2) is 18.3. The number of aliphatic hydroxyl groups is 1. The lowest BCUT2D eigenvalue weighted by Crippen LogP contribution is -2.44. The summed E-state index contributed by atoms with van der Waals surface area (Å²) in [6, 6.07) is 43.0. The van der Waals surface area contributed by atoms with E-state index in [1.807, 2.05) is 91.0 Å². The molecule has 1 saturated heterocycles. The van der Waals surface area contributed by atoms with Gasteiger partial charge in [0.2, 0.25) is 5.82 Å². The zero-order valence-corrected chi connectivity index (χ0v) is 31.6. The molecule has 0 aromatic heterocycles. The molecule has 0 spiro atoms. The van der Waals surface area contributed by atoms with Crippen LogP contribution in [0.5, 0.6) is 0 Å². The van der Waals surface area contributed by atoms with Crippen molar-refractivity contribution in [1.82, 2.24) is 10.2 Å². The average molecular weight is 793 g/mol. The Kier molecular flexibility index (Phi) is 12.7. The monoisotopic (exact) mass is 792 g/mol. The zero-order chi connectivity index (χ0) is 40.8. The van der Waals surface area contributed by atoms with Gasteiger partial charge in [-0.3, -0.25) is 9.69 Å². The third-order valence-corrected chi connectivity index (χ3v) is 10.4. The van der Waals surface area contributed by atoms with E-state index < -0.39 is 46.8 Å². The number of hydrogen-bond acceptors (Lipinski definition) is 5. The van der Waals surface area contributed by atoms with Gasteiger partial charge in [-0.2, -0.15) is 0 Å². The molecule has 6 aromatic carbocycles. The molecule has 1 aliphatic heterocycles. The summed E-state index contributed by atoms with van der Waals surface area (Å²) >= 11 is 0. The fourth-order valence-corrected chi connectivity index (χ4v) is 7.25. The molecule has 7 rings (SSSR count). The number of benzene rings is 6. The maximum Gasteiger partial charge on any atom is 0.257 e. The standard InChI is InChI=1S/C47H41F5N2O4/c1-29-38(27-54(25-30-10-4-2-5-11-30)26-31-12-6-3-7-13-31)57-47(58-45(29)34-20-18-32(28-55)19-21-34)37-17-9-16-36(23-37)35-15-8-14-33(22-35)24-53-46(56)39-40(48)42(50)44(52)43(51)41(39)49/h2-23,29,38,45,47,55H,24-28H2,1H3,(H,53,56)/t29-,38+,45+,47+/m1/s1. The van der Waals surface area contributed by atoms with Crippen LogP contribution < -0.4 is 5.32 Å². The highest BCUT2D eigenvalue weighted by atomic mass is 19.2. The number of hydrogen-bond donors (Lipinski definition) is 2. The van der Waals surface area contributed by atoms with Crippen molar-refractivity contribution in [1.29, 1.82) is 0 Å². The summed E-state index contributed by atoms with van der Waals surface area (Å²) in [5, 5.41) is 12.0. The minimum Gasteiger partial charge on any atom is -0.392 e. The Labute approximate surface area is 333 Å². The van der Waals surface area contributed by atoms with E-state index >= 15 is 0 Å². The molecule has 0 saturated carbocycles. The van der Waals surface area contributed by atoms with Crippen molar-refractivity contribution in [2.75, 3.05) is 6.54 Å². The van der Waals surface area contributed by atoms with E-state index in [4.69, 9.17) is 9.47 Å². The van der Waals surface area contributed by atoms with Gasteiger partial charge >= 0.3 is 0 Å². The van der Waals surface area contributed by atoms with Crippen LogP contribution in [0.3, 0.4) is 0 Å². The molecule has 2 N–H and O–H groups in total. The first-order valence-corrected chi connectivity index (χ1v) is 18.9. The normalized spacial score (nSPS) is 18.0. The van der Waals surface area contributed by atoms with Crippen LogP contribution >= 0.6 is 0 Å². The predicted molar refractivity (Wildman–Crippen MR) is 209 cm³/mol. The molecule has 1 aliphatic rings. The highest BCUT2D eigenvalue weighted by Gasteiger charge is 2.39. The maximum absolute atomic E-state index is 14.3. The number of nitrogens with one attached hydrogen (secondary N) is 1. The number of carbonyl (C=O) groups excluding carboxylic acids is 1. The Morgan fingerprint density at radius 2 is 1.17 bits per heavy atom. The van der Waals surface area contributed by atoms with Crippen LogP contribution in [-0.2, 0) is 35.7 Å². The molecule has 58 heavy (non-hydrogen) atoms. The van der Waals surface area contributed by atoms with Gasteiger partial charge in [0.25, 0.3) is 5.91 Å². The molecule has 6 aromatic rings. The first-order chi connectivity index (χ1) is 28.1. The van der Waals surface area contributed by atoms with Crippen LogP contribution in [0.15, 0.2) is 133 Å². The maximum atomic E-state index is 14.3. The minimum atomic E-state index is -2.34. The molecule has 11 heteroatoms. The summed E-state index contributed by atoms with van der Waals surface area (Å²) in [4.78, 5) is 15.0. The Hall–Kier alpha value is -5.72. The number of rotatable bonds is 13. The molecule has 6 nitrogen and oxygen atoms in total. The van der Waals surface area contributed by atoms with Crippen LogP contribution in [-0.4, -0.2) is 28.6 Å². The molecule has 1 fully saturated rings. The minimum absolute atomic E-state index is 0.0646. The molecule has 4 atom stereocenters. The fourth-order valence-electron chi connectivity index (χ4n) is 7.25. The summed E-state index contributed by atoms with van der Waals surface area (Å²) in [5.74, 6) is -12.6. The van der Waals surface area contributed by atoms with E-state index in [0.29, 0.717) is 25.2 Å². The van der Waals surface area contributed by atoms with Crippen molar-refractivity contribution in [3.63, 3.8) is 0 Å². The topological polar surface area (TPSA) is 71.0 Å². The smallest absolute Gasteiger partial charge is 0.257 e. The van der Waals surface area contributed by atoms with Gasteiger partial charge in [0.1, 0.15) is 5.56 Å². The molecule has 0 bridgehead atoms. The Morgan fingerprint density at radius 1 is 0.621 bits per heavy atom. The quantitative estimate of drug-likeness (QED) is 0.0693. The number of carbonyl (C=O) groups is 1. The van der Waals surface area contributed by atoms with Gasteiger partial charge < -0.3 is 19.9 Å². The summed E-state index contributed by atoms with van der Waals surface area (Å²) in [6.07, 6.45) is -1.37. The number of aliphatic hydroxyl groups excluding tert-OH is 1. The van der Waals surface area contributed by atoms with E-state index in [9.17, 15) is 31.9 Å². The summed E-state index contributed by atoms with van der Waals surface area (Å²) in [7, 11) is 0. The molecule has 0 radical (unpaired) electrons. The first-order valence-electron chi connectivity index (χ1n) is 18.9. The van der Waals surface area contributed by atoms with Crippen molar-refractivity contribution < 1.29 is 41.3 Å². The van der Waals surface area contributed by atoms with E-state index in [0.717, 1.165) is 27.8 Å². The fraction of sp³-hybridized carbons (Fsp3) is 0.213. The highest BCUT2D eigenvalue weighted by Crippen LogP contribution is 2.42. The molecule has 0 unspecified atom stereocenters. The van der Waals surface area contributed by atoms with Crippen molar-refractivity contribution >= 4 is 5.91 Å². The van der Waals surface area contributed by atoms with Gasteiger partial charge in [0.15, 0.2) is 29.6 Å². The van der Waals surface area contributed by atoms with Crippen molar-refractivity contribution in [2.45, 2.75) is 51.7 Å². The Morgan fingerprint density at radius 3 is 1.78 bits per heavy atom. The van der Waals surface area contributed by atoms with Gasteiger partial charge in [-0.15, -0.1) is 0 Å². The Balaban J connectivity index is 1.14. The summed E-state index contributed by atoms with van der Waals surface area (Å²) in [5.41, 5.74) is 5.35. The lowest BCUT2D eigenvalue weighted by Gasteiger charge is -2.43. The second-order valence-electron chi connectivity index (χ2n) is 14.4. The lowest BCUT2D eigenvalue weighted by atomic mass is 9.89. The molecular formula is C47H41F5N2O4. The molecular weight excluding hydrogens is 752 g/mol. The zero-order valence-electron chi connectivity index (χ0n) is 31.6. The third-order valence-electron chi connectivity index (χ3n) is 10.4. The van der Waals surface area contributed by atoms with Gasteiger partial charge in [-0.1, -0.05) is 128 Å². The van der Waals surface area contributed by atoms with Crippen LogP contribution in [0.25, 0.3) is 11.1 Å². The van der Waals surface area contributed by atoms with Crippen LogP contribution in [0.2, 0.25) is 0 Å². The second-order valence-corrected chi connectivity index (χ2v) is 14.4. The van der Waals surface area contributed by atoms with Crippen molar-refractivity contribution in [2.24, 2.45) is 5.92 Å². The summed E-state index contributed by atoms with van der Waals surface area (Å²) < 4.78 is 83.2.